The predicted octanol–water partition coefficient (Wildman–Crippen LogP) is 4.75. The van der Waals surface area contributed by atoms with Crippen LogP contribution in [0.25, 0.3) is 0 Å². The number of carbonyl (C=O) groups excluding carboxylic acids is 1. The first kappa shape index (κ1) is 17.9. The van der Waals surface area contributed by atoms with Gasteiger partial charge in [0.25, 0.3) is 5.91 Å². The van der Waals surface area contributed by atoms with E-state index in [2.05, 4.69) is 10.5 Å². The van der Waals surface area contributed by atoms with Crippen LogP contribution in [0.4, 0.5) is 14.5 Å². The second-order valence-electron chi connectivity index (χ2n) is 5.39. The topological polar surface area (TPSA) is 64.4 Å². The number of anilines is 1. The number of carbonyl (C=O) groups is 1. The van der Waals surface area contributed by atoms with Gasteiger partial charge in [-0.2, -0.15) is 0 Å². The monoisotopic (exact) mass is 378 g/mol. The van der Waals surface area contributed by atoms with Crippen LogP contribution in [0.15, 0.2) is 47.0 Å². The highest BCUT2D eigenvalue weighted by atomic mass is 35.5. The molecule has 26 heavy (non-hydrogen) atoms. The van der Waals surface area contributed by atoms with Crippen molar-refractivity contribution in [3.8, 4) is 5.75 Å². The van der Waals surface area contributed by atoms with Gasteiger partial charge in [-0.25, -0.2) is 8.78 Å². The van der Waals surface area contributed by atoms with E-state index in [1.54, 1.807) is 6.92 Å². The molecule has 0 unspecified atom stereocenters. The minimum Gasteiger partial charge on any atom is -0.489 e. The molecule has 1 N–H and O–H groups in total. The van der Waals surface area contributed by atoms with Gasteiger partial charge in [0.05, 0.1) is 10.6 Å². The Balaban J connectivity index is 1.74. The molecule has 1 amide bonds. The Kier molecular flexibility index (Phi) is 5.18. The molecule has 3 aromatic rings. The largest absolute Gasteiger partial charge is 0.489 e. The van der Waals surface area contributed by atoms with Crippen LogP contribution in [0, 0.1) is 18.6 Å². The van der Waals surface area contributed by atoms with Crippen LogP contribution < -0.4 is 10.1 Å². The summed E-state index contributed by atoms with van der Waals surface area (Å²) >= 11 is 5.70. The van der Waals surface area contributed by atoms with Gasteiger partial charge in [-0.1, -0.05) is 16.8 Å². The number of ether oxygens (including phenoxy) is 1. The molecule has 5 nitrogen and oxygen atoms in total. The second kappa shape index (κ2) is 7.53. The van der Waals surface area contributed by atoms with E-state index in [1.165, 1.54) is 36.4 Å². The third-order valence-corrected chi connectivity index (χ3v) is 3.86. The lowest BCUT2D eigenvalue weighted by Crippen LogP contribution is -2.15. The van der Waals surface area contributed by atoms with Crippen LogP contribution in [0.3, 0.4) is 0 Å². The molecule has 3 rings (SSSR count). The molecule has 0 aliphatic carbocycles. The lowest BCUT2D eigenvalue weighted by molar-refractivity contribution is 0.101. The SMILES string of the molecule is Cc1onc(C(=O)Nc2ccc(F)c(Cl)c2)c1COc1ccc(F)cc1. The first-order chi connectivity index (χ1) is 12.4. The predicted molar refractivity (Wildman–Crippen MR) is 91.3 cm³/mol. The molecule has 0 saturated heterocycles. The Hall–Kier alpha value is -2.93. The zero-order chi connectivity index (χ0) is 18.7. The highest BCUT2D eigenvalue weighted by molar-refractivity contribution is 6.31. The zero-order valence-electron chi connectivity index (χ0n) is 13.6. The number of benzene rings is 2. The lowest BCUT2D eigenvalue weighted by atomic mass is 10.2. The number of amides is 1. The fourth-order valence-electron chi connectivity index (χ4n) is 2.19. The maximum absolute atomic E-state index is 13.2. The van der Waals surface area contributed by atoms with Crippen molar-refractivity contribution in [3.05, 3.63) is 76.1 Å². The normalized spacial score (nSPS) is 10.6. The summed E-state index contributed by atoms with van der Waals surface area (Å²) in [5.41, 5.74) is 0.789. The molecule has 0 bridgehead atoms. The van der Waals surface area contributed by atoms with Crippen LogP contribution in [-0.2, 0) is 6.61 Å². The van der Waals surface area contributed by atoms with E-state index in [9.17, 15) is 13.6 Å². The molecule has 0 aliphatic rings. The molecule has 8 heteroatoms. The van der Waals surface area contributed by atoms with Crippen molar-refractivity contribution in [2.75, 3.05) is 5.32 Å². The lowest BCUT2D eigenvalue weighted by Gasteiger charge is -2.08. The van der Waals surface area contributed by atoms with E-state index in [4.69, 9.17) is 20.9 Å². The molecular weight excluding hydrogens is 366 g/mol. The Morgan fingerprint density at radius 2 is 1.96 bits per heavy atom. The van der Waals surface area contributed by atoms with Crippen molar-refractivity contribution in [2.24, 2.45) is 0 Å². The highest BCUT2D eigenvalue weighted by Crippen LogP contribution is 2.22. The summed E-state index contributed by atoms with van der Waals surface area (Å²) in [5, 5.41) is 6.20. The van der Waals surface area contributed by atoms with Gasteiger partial charge < -0.3 is 14.6 Å². The number of halogens is 3. The smallest absolute Gasteiger partial charge is 0.278 e. The van der Waals surface area contributed by atoms with Gasteiger partial charge >= 0.3 is 0 Å². The third kappa shape index (κ3) is 4.00. The van der Waals surface area contributed by atoms with Crippen molar-refractivity contribution in [3.63, 3.8) is 0 Å². The number of hydrogen-bond donors (Lipinski definition) is 1. The molecule has 0 aliphatic heterocycles. The van der Waals surface area contributed by atoms with E-state index in [-0.39, 0.29) is 23.1 Å². The van der Waals surface area contributed by atoms with Gasteiger partial charge in [-0.3, -0.25) is 4.79 Å². The standard InChI is InChI=1S/C18H13ClF2N2O3/c1-10-14(9-25-13-5-2-11(20)3-6-13)17(23-26-10)18(24)22-12-4-7-16(21)15(19)8-12/h2-8H,9H2,1H3,(H,22,24). The first-order valence-corrected chi connectivity index (χ1v) is 7.92. The number of aromatic nitrogens is 1. The summed E-state index contributed by atoms with van der Waals surface area (Å²) in [6, 6.07) is 9.28. The van der Waals surface area contributed by atoms with Crippen LogP contribution in [0.5, 0.6) is 5.75 Å². The number of nitrogens with zero attached hydrogens (tertiary/aromatic N) is 1. The maximum Gasteiger partial charge on any atom is 0.278 e. The minimum absolute atomic E-state index is 0.00783. The van der Waals surface area contributed by atoms with Gasteiger partial charge in [0.1, 0.15) is 29.8 Å². The average Bonchev–Trinajstić information content (AvgIpc) is 2.98. The van der Waals surface area contributed by atoms with Gasteiger partial charge in [-0.05, 0) is 49.4 Å². The quantitative estimate of drug-likeness (QED) is 0.696. The summed E-state index contributed by atoms with van der Waals surface area (Å²) in [5.74, 6) is -0.674. The van der Waals surface area contributed by atoms with E-state index >= 15 is 0 Å². The number of rotatable bonds is 5. The van der Waals surface area contributed by atoms with Gasteiger partial charge in [0, 0.05) is 5.69 Å². The molecule has 1 heterocycles. The first-order valence-electron chi connectivity index (χ1n) is 7.54. The van der Waals surface area contributed by atoms with Crippen LogP contribution in [0.2, 0.25) is 5.02 Å². The number of aryl methyl sites for hydroxylation is 1. The molecule has 0 fully saturated rings. The van der Waals surface area contributed by atoms with Crippen molar-refractivity contribution in [1.82, 2.24) is 5.16 Å². The summed E-state index contributed by atoms with van der Waals surface area (Å²) in [6.07, 6.45) is 0. The number of hydrogen-bond acceptors (Lipinski definition) is 4. The summed E-state index contributed by atoms with van der Waals surface area (Å²) in [4.78, 5) is 12.4. The fraction of sp³-hybridized carbons (Fsp3) is 0.111. The van der Waals surface area contributed by atoms with Crippen molar-refractivity contribution >= 4 is 23.2 Å². The Morgan fingerprint density at radius 3 is 2.65 bits per heavy atom. The molecular formula is C18H13ClF2N2O3. The maximum atomic E-state index is 13.2. The van der Waals surface area contributed by atoms with Crippen LogP contribution in [0.1, 0.15) is 21.8 Å². The third-order valence-electron chi connectivity index (χ3n) is 3.57. The summed E-state index contributed by atoms with van der Waals surface area (Å²) in [7, 11) is 0. The summed E-state index contributed by atoms with van der Waals surface area (Å²) in [6.45, 7) is 1.65. The van der Waals surface area contributed by atoms with Crippen molar-refractivity contribution in [2.45, 2.75) is 13.5 Å². The fourth-order valence-corrected chi connectivity index (χ4v) is 2.37. The molecule has 0 atom stereocenters. The molecule has 0 radical (unpaired) electrons. The Bertz CT molecular complexity index is 942. The Morgan fingerprint density at radius 1 is 1.23 bits per heavy atom. The van der Waals surface area contributed by atoms with Gasteiger partial charge in [-0.15, -0.1) is 0 Å². The second-order valence-corrected chi connectivity index (χ2v) is 5.80. The van der Waals surface area contributed by atoms with E-state index in [0.717, 1.165) is 6.07 Å². The zero-order valence-corrected chi connectivity index (χ0v) is 14.3. The molecule has 0 saturated carbocycles. The van der Waals surface area contributed by atoms with Crippen molar-refractivity contribution < 1.29 is 22.8 Å². The van der Waals surface area contributed by atoms with Crippen molar-refractivity contribution in [1.29, 1.82) is 0 Å². The number of nitrogens with one attached hydrogen (secondary N) is 1. The molecule has 1 aromatic heterocycles. The van der Waals surface area contributed by atoms with E-state index in [1.807, 2.05) is 0 Å². The van der Waals surface area contributed by atoms with E-state index < -0.39 is 11.7 Å². The van der Waals surface area contributed by atoms with E-state index in [0.29, 0.717) is 22.8 Å². The molecule has 134 valence electrons. The minimum atomic E-state index is -0.588. The van der Waals surface area contributed by atoms with Gasteiger partial charge in [0.2, 0.25) is 0 Å². The average molecular weight is 379 g/mol. The Labute approximate surface area is 152 Å². The highest BCUT2D eigenvalue weighted by Gasteiger charge is 2.21. The van der Waals surface area contributed by atoms with Crippen LogP contribution in [-0.4, -0.2) is 11.1 Å². The molecule has 0 spiro atoms. The summed E-state index contributed by atoms with van der Waals surface area (Å²) < 4.78 is 36.7. The van der Waals surface area contributed by atoms with Crippen LogP contribution >= 0.6 is 11.6 Å². The molecule has 2 aromatic carbocycles. The van der Waals surface area contributed by atoms with Gasteiger partial charge in [0.15, 0.2) is 5.69 Å².